The largest absolute Gasteiger partial charge is 0.299 e. The van der Waals surface area contributed by atoms with E-state index in [0.29, 0.717) is 12.8 Å². The van der Waals surface area contributed by atoms with Crippen molar-refractivity contribution in [2.75, 3.05) is 5.75 Å². The van der Waals surface area contributed by atoms with E-state index in [0.717, 1.165) is 17.6 Å². The molecule has 92 valence electrons. The molecular weight excluding hydrogens is 228 g/mol. The molecule has 0 unspecified atom stereocenters. The molecule has 1 aliphatic rings. The average molecular weight is 246 g/mol. The Hall–Kier alpha value is -0.680. The average Bonchev–Trinajstić information content (AvgIpc) is 2.08. The van der Waals surface area contributed by atoms with Crippen molar-refractivity contribution in [1.29, 1.82) is 0 Å². The summed E-state index contributed by atoms with van der Waals surface area (Å²) in [5, 5.41) is 0. The Morgan fingerprint density at radius 2 is 2.00 bits per heavy atom. The van der Waals surface area contributed by atoms with Gasteiger partial charge in [0.15, 0.2) is 0 Å². The van der Waals surface area contributed by atoms with E-state index in [-0.39, 0.29) is 5.78 Å². The van der Waals surface area contributed by atoms with Crippen LogP contribution in [0.2, 0.25) is 0 Å². The first kappa shape index (κ1) is 13.4. The quantitative estimate of drug-likeness (QED) is 0.608. The van der Waals surface area contributed by atoms with Crippen molar-refractivity contribution in [2.45, 2.75) is 40.0 Å². The maximum atomic E-state index is 11.9. The topological polar surface area (TPSA) is 71.4 Å². The standard InChI is InChI=1S/C11H18O4S/c1-4-10(12)11(7-16(13,14)15)6-5-9(11)8(2)3/h4-7H2,1-3H3,(H,13,14,15)/t11-/m0/s1. The van der Waals surface area contributed by atoms with Gasteiger partial charge in [0.05, 0.1) is 11.2 Å². The Morgan fingerprint density at radius 1 is 1.44 bits per heavy atom. The highest BCUT2D eigenvalue weighted by atomic mass is 32.2. The van der Waals surface area contributed by atoms with Crippen LogP contribution in [0.3, 0.4) is 0 Å². The molecule has 0 bridgehead atoms. The van der Waals surface area contributed by atoms with E-state index in [1.165, 1.54) is 0 Å². The third-order valence-electron chi connectivity index (χ3n) is 3.27. The van der Waals surface area contributed by atoms with Crippen molar-refractivity contribution in [3.63, 3.8) is 0 Å². The Labute approximate surface area is 96.5 Å². The van der Waals surface area contributed by atoms with Crippen LogP contribution in [0.25, 0.3) is 0 Å². The second-order valence-corrected chi connectivity index (χ2v) is 6.02. The number of Topliss-reactive ketones (excluding diaryl/α,β-unsaturated/α-hetero) is 1. The third kappa shape index (κ3) is 2.35. The highest BCUT2D eigenvalue weighted by Gasteiger charge is 2.50. The van der Waals surface area contributed by atoms with E-state index in [1.54, 1.807) is 6.92 Å². The molecule has 0 aromatic carbocycles. The van der Waals surface area contributed by atoms with Gasteiger partial charge in [-0.3, -0.25) is 9.35 Å². The first-order chi connectivity index (χ1) is 7.23. The van der Waals surface area contributed by atoms with Gasteiger partial charge in [0.1, 0.15) is 5.78 Å². The fourth-order valence-electron chi connectivity index (χ4n) is 2.48. The number of carbonyl (C=O) groups excluding carboxylic acids is 1. The molecule has 0 aromatic heterocycles. The molecular formula is C11H18O4S. The molecule has 0 spiro atoms. The van der Waals surface area contributed by atoms with Gasteiger partial charge >= 0.3 is 0 Å². The highest BCUT2D eigenvalue weighted by molar-refractivity contribution is 7.85. The molecule has 0 radical (unpaired) electrons. The smallest absolute Gasteiger partial charge is 0.266 e. The molecule has 0 aliphatic heterocycles. The van der Waals surface area contributed by atoms with Crippen LogP contribution in [0.1, 0.15) is 40.0 Å². The molecule has 5 heteroatoms. The van der Waals surface area contributed by atoms with Crippen LogP contribution in [-0.2, 0) is 14.9 Å². The van der Waals surface area contributed by atoms with Gasteiger partial charge in [-0.05, 0) is 26.7 Å². The zero-order valence-corrected chi connectivity index (χ0v) is 10.7. The van der Waals surface area contributed by atoms with Gasteiger partial charge < -0.3 is 0 Å². The molecule has 1 saturated carbocycles. The van der Waals surface area contributed by atoms with Crippen molar-refractivity contribution in [1.82, 2.24) is 0 Å². The number of ketones is 1. The lowest BCUT2D eigenvalue weighted by atomic mass is 9.61. The lowest BCUT2D eigenvalue weighted by Gasteiger charge is -2.43. The van der Waals surface area contributed by atoms with Crippen LogP contribution < -0.4 is 0 Å². The summed E-state index contributed by atoms with van der Waals surface area (Å²) < 4.78 is 31.0. The summed E-state index contributed by atoms with van der Waals surface area (Å²) in [5.41, 5.74) is 0.926. The van der Waals surface area contributed by atoms with Gasteiger partial charge in [-0.15, -0.1) is 0 Å². The second-order valence-electron chi connectivity index (χ2n) is 4.56. The minimum atomic E-state index is -4.12. The predicted molar refractivity (Wildman–Crippen MR) is 61.8 cm³/mol. The Bertz CT molecular complexity index is 429. The summed E-state index contributed by atoms with van der Waals surface area (Å²) >= 11 is 0. The maximum Gasteiger partial charge on any atom is 0.266 e. The molecule has 0 saturated heterocycles. The van der Waals surface area contributed by atoms with Crippen LogP contribution in [-0.4, -0.2) is 24.5 Å². The molecule has 16 heavy (non-hydrogen) atoms. The van der Waals surface area contributed by atoms with E-state index in [4.69, 9.17) is 4.55 Å². The van der Waals surface area contributed by atoms with Crippen molar-refractivity contribution in [3.05, 3.63) is 11.1 Å². The Morgan fingerprint density at radius 3 is 2.25 bits per heavy atom. The van der Waals surface area contributed by atoms with E-state index in [9.17, 15) is 13.2 Å². The molecule has 1 fully saturated rings. The lowest BCUT2D eigenvalue weighted by molar-refractivity contribution is -0.127. The van der Waals surface area contributed by atoms with E-state index < -0.39 is 21.3 Å². The van der Waals surface area contributed by atoms with Gasteiger partial charge in [-0.1, -0.05) is 18.1 Å². The van der Waals surface area contributed by atoms with Crippen LogP contribution >= 0.6 is 0 Å². The SMILES string of the molecule is CCC(=O)[C@]1(CS(=O)(=O)O)CCC1=C(C)C. The van der Waals surface area contributed by atoms with Gasteiger partial charge in [-0.25, -0.2) is 0 Å². The zero-order valence-electron chi connectivity index (χ0n) is 9.91. The summed E-state index contributed by atoms with van der Waals surface area (Å²) in [6, 6.07) is 0. The number of hydrogen-bond acceptors (Lipinski definition) is 3. The molecule has 0 heterocycles. The minimum Gasteiger partial charge on any atom is -0.299 e. The first-order valence-electron chi connectivity index (χ1n) is 5.38. The number of carbonyl (C=O) groups is 1. The molecule has 1 rings (SSSR count). The summed E-state index contributed by atoms with van der Waals surface area (Å²) in [5.74, 6) is -0.555. The fourth-order valence-corrected chi connectivity index (χ4v) is 3.58. The van der Waals surface area contributed by atoms with Crippen molar-refractivity contribution in [3.8, 4) is 0 Å². The molecule has 4 nitrogen and oxygen atoms in total. The number of hydrogen-bond donors (Lipinski definition) is 1. The highest BCUT2D eigenvalue weighted by Crippen LogP contribution is 2.50. The molecule has 0 amide bonds. The molecule has 1 N–H and O–H groups in total. The summed E-state index contributed by atoms with van der Waals surface area (Å²) in [6.07, 6.45) is 1.58. The first-order valence-corrected chi connectivity index (χ1v) is 6.99. The zero-order chi connectivity index (χ0) is 12.6. The predicted octanol–water partition coefficient (Wildman–Crippen LogP) is 1.97. The van der Waals surface area contributed by atoms with Crippen LogP contribution in [0, 0.1) is 5.41 Å². The monoisotopic (exact) mass is 246 g/mol. The number of rotatable bonds is 4. The Balaban J connectivity index is 3.16. The van der Waals surface area contributed by atoms with E-state index in [1.807, 2.05) is 13.8 Å². The van der Waals surface area contributed by atoms with Crippen LogP contribution in [0.4, 0.5) is 0 Å². The summed E-state index contributed by atoms with van der Waals surface area (Å²) in [6.45, 7) is 5.46. The molecule has 1 atom stereocenters. The van der Waals surface area contributed by atoms with Gasteiger partial charge in [0.25, 0.3) is 10.1 Å². The summed E-state index contributed by atoms with van der Waals surface area (Å²) in [4.78, 5) is 11.9. The fraction of sp³-hybridized carbons (Fsp3) is 0.727. The van der Waals surface area contributed by atoms with Crippen molar-refractivity contribution in [2.24, 2.45) is 5.41 Å². The molecule has 1 aliphatic carbocycles. The number of allylic oxidation sites excluding steroid dienone is 2. The van der Waals surface area contributed by atoms with E-state index in [2.05, 4.69) is 0 Å². The Kier molecular flexibility index (Phi) is 3.59. The normalized spacial score (nSPS) is 25.1. The van der Waals surface area contributed by atoms with Gasteiger partial charge in [-0.2, -0.15) is 8.42 Å². The lowest BCUT2D eigenvalue weighted by Crippen LogP contribution is -2.46. The maximum absolute atomic E-state index is 11.9. The minimum absolute atomic E-state index is 0.0902. The second kappa shape index (κ2) is 4.30. The van der Waals surface area contributed by atoms with Crippen molar-refractivity contribution >= 4 is 15.9 Å². The van der Waals surface area contributed by atoms with Crippen molar-refractivity contribution < 1.29 is 17.8 Å². The third-order valence-corrected chi connectivity index (χ3v) is 4.12. The van der Waals surface area contributed by atoms with Gasteiger partial charge in [0.2, 0.25) is 0 Å². The van der Waals surface area contributed by atoms with Gasteiger partial charge in [0, 0.05) is 6.42 Å². The van der Waals surface area contributed by atoms with Crippen LogP contribution in [0.5, 0.6) is 0 Å². The van der Waals surface area contributed by atoms with E-state index >= 15 is 0 Å². The summed E-state index contributed by atoms with van der Waals surface area (Å²) in [7, 11) is -4.12. The molecule has 0 aromatic rings. The van der Waals surface area contributed by atoms with Crippen LogP contribution in [0.15, 0.2) is 11.1 Å².